The zero-order chi connectivity index (χ0) is 15.6. The van der Waals surface area contributed by atoms with Crippen LogP contribution in [0.25, 0.3) is 0 Å². The van der Waals surface area contributed by atoms with E-state index in [1.54, 1.807) is 25.1 Å². The summed E-state index contributed by atoms with van der Waals surface area (Å²) in [6, 6.07) is 6.75. The average molecular weight is 356 g/mol. The van der Waals surface area contributed by atoms with E-state index < -0.39 is 17.5 Å². The van der Waals surface area contributed by atoms with E-state index in [0.717, 1.165) is 0 Å². The topological polar surface area (TPSA) is 67.1 Å². The van der Waals surface area contributed by atoms with E-state index in [-0.39, 0.29) is 10.2 Å². The highest BCUT2D eigenvalue weighted by atomic mass is 79.9. The number of carbonyl (C=O) groups is 1. The number of anilines is 2. The van der Waals surface area contributed by atoms with E-state index in [4.69, 9.17) is 5.84 Å². The minimum atomic E-state index is -0.845. The van der Waals surface area contributed by atoms with Gasteiger partial charge in [-0.1, -0.05) is 0 Å². The molecule has 0 spiro atoms. The molecule has 0 saturated carbocycles. The molecule has 2 aromatic rings. The number of nitrogen functional groups attached to an aromatic ring is 1. The maximum atomic E-state index is 13.6. The zero-order valence-corrected chi connectivity index (χ0v) is 12.6. The number of hydrazine groups is 1. The molecule has 0 atom stereocenters. The number of amides is 1. The van der Waals surface area contributed by atoms with E-state index in [0.29, 0.717) is 22.9 Å². The van der Waals surface area contributed by atoms with Crippen molar-refractivity contribution in [1.29, 1.82) is 0 Å². The number of benzene rings is 2. The molecule has 0 unspecified atom stereocenters. The van der Waals surface area contributed by atoms with Gasteiger partial charge in [-0.3, -0.25) is 10.6 Å². The predicted molar refractivity (Wildman–Crippen MR) is 81.0 cm³/mol. The first kappa shape index (κ1) is 15.4. The number of halogens is 3. The number of carbonyl (C=O) groups excluding carboxylic acids is 1. The predicted octanol–water partition coefficient (Wildman–Crippen LogP) is 3.57. The first-order valence-electron chi connectivity index (χ1n) is 5.95. The van der Waals surface area contributed by atoms with Crippen LogP contribution in [0.5, 0.6) is 0 Å². The molecule has 2 rings (SSSR count). The van der Waals surface area contributed by atoms with Crippen LogP contribution in [0.2, 0.25) is 0 Å². The number of nitrogens with two attached hydrogens (primary N) is 1. The van der Waals surface area contributed by atoms with Crippen LogP contribution in [0.1, 0.15) is 15.9 Å². The van der Waals surface area contributed by atoms with Gasteiger partial charge in [-0.2, -0.15) is 0 Å². The fourth-order valence-corrected chi connectivity index (χ4v) is 2.16. The van der Waals surface area contributed by atoms with Gasteiger partial charge in [0.15, 0.2) is 0 Å². The summed E-state index contributed by atoms with van der Waals surface area (Å²) in [6.07, 6.45) is 0. The fourth-order valence-electron chi connectivity index (χ4n) is 1.82. The Bertz CT molecular complexity index is 707. The van der Waals surface area contributed by atoms with Crippen molar-refractivity contribution in [3.8, 4) is 0 Å². The van der Waals surface area contributed by atoms with Crippen molar-refractivity contribution in [3.63, 3.8) is 0 Å². The van der Waals surface area contributed by atoms with Gasteiger partial charge in [-0.15, -0.1) is 0 Å². The van der Waals surface area contributed by atoms with Gasteiger partial charge in [0.25, 0.3) is 5.91 Å². The van der Waals surface area contributed by atoms with Gasteiger partial charge in [-0.25, -0.2) is 8.78 Å². The van der Waals surface area contributed by atoms with E-state index in [1.807, 2.05) is 0 Å². The molecule has 0 aliphatic carbocycles. The number of hydrogen-bond acceptors (Lipinski definition) is 3. The molecule has 0 heterocycles. The third kappa shape index (κ3) is 3.37. The highest BCUT2D eigenvalue weighted by Crippen LogP contribution is 2.24. The summed E-state index contributed by atoms with van der Waals surface area (Å²) >= 11 is 2.94. The summed E-state index contributed by atoms with van der Waals surface area (Å²) in [6.45, 7) is 1.73. The lowest BCUT2D eigenvalue weighted by molar-refractivity contribution is 0.102. The zero-order valence-electron chi connectivity index (χ0n) is 11.0. The molecular formula is C14H12BrF2N3O. The third-order valence-electron chi connectivity index (χ3n) is 2.90. The smallest absolute Gasteiger partial charge is 0.256 e. The second-order valence-electron chi connectivity index (χ2n) is 4.37. The van der Waals surface area contributed by atoms with Gasteiger partial charge in [0.1, 0.15) is 11.6 Å². The molecule has 4 nitrogen and oxygen atoms in total. The minimum absolute atomic E-state index is 0.0681. The second-order valence-corrected chi connectivity index (χ2v) is 5.23. The summed E-state index contributed by atoms with van der Waals surface area (Å²) in [5.74, 6) is 3.20. The van der Waals surface area contributed by atoms with Crippen LogP contribution in [0.15, 0.2) is 34.8 Å². The van der Waals surface area contributed by atoms with E-state index >= 15 is 0 Å². The maximum absolute atomic E-state index is 13.6. The Morgan fingerprint density at radius 1 is 1.19 bits per heavy atom. The Balaban J connectivity index is 2.28. The normalized spacial score (nSPS) is 10.3. The summed E-state index contributed by atoms with van der Waals surface area (Å²) in [4.78, 5) is 12.1. The molecule has 0 radical (unpaired) electrons. The lowest BCUT2D eigenvalue weighted by atomic mass is 10.1. The van der Waals surface area contributed by atoms with Crippen LogP contribution in [0, 0.1) is 18.6 Å². The van der Waals surface area contributed by atoms with E-state index in [9.17, 15) is 13.6 Å². The largest absolute Gasteiger partial charge is 0.324 e. The number of nitrogens with one attached hydrogen (secondary N) is 2. The van der Waals surface area contributed by atoms with Crippen molar-refractivity contribution < 1.29 is 13.6 Å². The number of hydrogen-bond donors (Lipinski definition) is 3. The summed E-state index contributed by atoms with van der Waals surface area (Å²) in [7, 11) is 0. The highest BCUT2D eigenvalue weighted by Gasteiger charge is 2.14. The van der Waals surface area contributed by atoms with Crippen LogP contribution in [-0.2, 0) is 0 Å². The summed E-state index contributed by atoms with van der Waals surface area (Å²) < 4.78 is 26.8. The van der Waals surface area contributed by atoms with E-state index in [2.05, 4.69) is 26.7 Å². The van der Waals surface area contributed by atoms with Crippen molar-refractivity contribution in [1.82, 2.24) is 0 Å². The molecule has 110 valence electrons. The average Bonchev–Trinajstić information content (AvgIpc) is 2.44. The monoisotopic (exact) mass is 355 g/mol. The number of rotatable bonds is 3. The van der Waals surface area contributed by atoms with Crippen LogP contribution in [0.4, 0.5) is 20.2 Å². The summed E-state index contributed by atoms with van der Waals surface area (Å²) in [5, 5.41) is 2.41. The molecule has 4 N–H and O–H groups in total. The van der Waals surface area contributed by atoms with Gasteiger partial charge < -0.3 is 10.7 Å². The first-order valence-corrected chi connectivity index (χ1v) is 6.75. The molecule has 0 bridgehead atoms. The lowest BCUT2D eigenvalue weighted by Crippen LogP contribution is -2.15. The Hall–Kier alpha value is -1.99. The Labute approximate surface area is 128 Å². The maximum Gasteiger partial charge on any atom is 0.256 e. The van der Waals surface area contributed by atoms with Crippen LogP contribution in [-0.4, -0.2) is 5.91 Å². The molecule has 7 heteroatoms. The van der Waals surface area contributed by atoms with Crippen LogP contribution < -0.4 is 16.6 Å². The van der Waals surface area contributed by atoms with E-state index in [1.165, 1.54) is 6.07 Å². The third-order valence-corrected chi connectivity index (χ3v) is 3.50. The molecule has 1 amide bonds. The molecule has 0 aliphatic rings. The van der Waals surface area contributed by atoms with Crippen molar-refractivity contribution >= 4 is 33.2 Å². The minimum Gasteiger partial charge on any atom is -0.324 e. The van der Waals surface area contributed by atoms with Gasteiger partial charge in [0, 0.05) is 17.3 Å². The van der Waals surface area contributed by atoms with Crippen molar-refractivity contribution in [2.24, 2.45) is 5.84 Å². The van der Waals surface area contributed by atoms with Crippen LogP contribution >= 0.6 is 15.9 Å². The first-order chi connectivity index (χ1) is 9.92. The SMILES string of the molecule is Cc1cc(NN)ccc1C(=O)Nc1cc(Br)c(F)cc1F. The molecule has 0 aromatic heterocycles. The Kier molecular flexibility index (Phi) is 4.54. The highest BCUT2D eigenvalue weighted by molar-refractivity contribution is 9.10. The van der Waals surface area contributed by atoms with Gasteiger partial charge in [0.2, 0.25) is 0 Å². The van der Waals surface area contributed by atoms with Crippen molar-refractivity contribution in [2.45, 2.75) is 6.92 Å². The van der Waals surface area contributed by atoms with Gasteiger partial charge >= 0.3 is 0 Å². The molecule has 0 saturated heterocycles. The lowest BCUT2D eigenvalue weighted by Gasteiger charge is -2.10. The molecule has 0 aliphatic heterocycles. The second kappa shape index (κ2) is 6.19. The quantitative estimate of drug-likeness (QED) is 0.448. The molecular weight excluding hydrogens is 344 g/mol. The Morgan fingerprint density at radius 3 is 2.52 bits per heavy atom. The summed E-state index contributed by atoms with van der Waals surface area (Å²) in [5.41, 5.74) is 4.06. The van der Waals surface area contributed by atoms with Crippen molar-refractivity contribution in [2.75, 3.05) is 10.7 Å². The molecule has 21 heavy (non-hydrogen) atoms. The van der Waals surface area contributed by atoms with Gasteiger partial charge in [0.05, 0.1) is 10.2 Å². The van der Waals surface area contributed by atoms with Gasteiger partial charge in [-0.05, 0) is 52.7 Å². The van der Waals surface area contributed by atoms with Crippen molar-refractivity contribution in [3.05, 3.63) is 57.6 Å². The van der Waals surface area contributed by atoms with Crippen LogP contribution in [0.3, 0.4) is 0 Å². The standard InChI is InChI=1S/C14H12BrF2N3O/c1-7-4-8(20-18)2-3-9(7)14(21)19-13-5-10(15)11(16)6-12(13)17/h2-6,20H,18H2,1H3,(H,19,21). The fraction of sp³-hybridized carbons (Fsp3) is 0.0714. The molecule has 2 aromatic carbocycles. The Morgan fingerprint density at radius 2 is 1.90 bits per heavy atom. The number of aryl methyl sites for hydroxylation is 1. The molecule has 0 fully saturated rings.